The van der Waals surface area contributed by atoms with E-state index in [0.717, 1.165) is 32.5 Å². The molecule has 0 spiro atoms. The van der Waals surface area contributed by atoms with Crippen LogP contribution in [0.2, 0.25) is 0 Å². The van der Waals surface area contributed by atoms with E-state index in [1.54, 1.807) is 0 Å². The lowest BCUT2D eigenvalue weighted by molar-refractivity contribution is -0.0162. The van der Waals surface area contributed by atoms with Gasteiger partial charge in [0, 0.05) is 32.3 Å². The van der Waals surface area contributed by atoms with E-state index in [9.17, 15) is 5.11 Å². The van der Waals surface area contributed by atoms with Gasteiger partial charge in [-0.1, -0.05) is 30.3 Å². The van der Waals surface area contributed by atoms with Gasteiger partial charge in [-0.3, -0.25) is 4.90 Å². The van der Waals surface area contributed by atoms with E-state index in [0.29, 0.717) is 12.1 Å². The summed E-state index contributed by atoms with van der Waals surface area (Å²) in [5.74, 6) is 0. The van der Waals surface area contributed by atoms with Gasteiger partial charge in [-0.2, -0.15) is 0 Å². The molecule has 3 heteroatoms. The summed E-state index contributed by atoms with van der Waals surface area (Å²) < 4.78 is 5.87. The summed E-state index contributed by atoms with van der Waals surface area (Å²) in [7, 11) is 0. The Balaban J connectivity index is 1.96. The van der Waals surface area contributed by atoms with Gasteiger partial charge >= 0.3 is 0 Å². The Bertz CT molecular complexity index is 363. The van der Waals surface area contributed by atoms with E-state index in [1.807, 2.05) is 0 Å². The fourth-order valence-electron chi connectivity index (χ4n) is 2.80. The van der Waals surface area contributed by atoms with Crippen molar-refractivity contribution in [2.75, 3.05) is 19.8 Å². The lowest BCUT2D eigenvalue weighted by Crippen LogP contribution is -2.41. The van der Waals surface area contributed by atoms with Crippen LogP contribution in [0.5, 0.6) is 0 Å². The lowest BCUT2D eigenvalue weighted by Gasteiger charge is -2.34. The molecule has 2 rings (SSSR count). The van der Waals surface area contributed by atoms with Gasteiger partial charge in [-0.05, 0) is 38.2 Å². The Hall–Kier alpha value is -0.900. The molecule has 0 radical (unpaired) electrons. The summed E-state index contributed by atoms with van der Waals surface area (Å²) in [6, 6.07) is 10.9. The average Bonchev–Trinajstić information content (AvgIpc) is 2.49. The fourth-order valence-corrected chi connectivity index (χ4v) is 2.80. The first-order valence-corrected chi connectivity index (χ1v) is 7.80. The Morgan fingerprint density at radius 1 is 1.30 bits per heavy atom. The molecular formula is C17H27NO2. The number of hydrogen-bond donors (Lipinski definition) is 1. The van der Waals surface area contributed by atoms with Crippen molar-refractivity contribution in [2.24, 2.45) is 0 Å². The third kappa shape index (κ3) is 4.89. The monoisotopic (exact) mass is 277 g/mol. The van der Waals surface area contributed by atoms with Crippen LogP contribution in [-0.4, -0.2) is 41.9 Å². The van der Waals surface area contributed by atoms with Gasteiger partial charge in [-0.25, -0.2) is 0 Å². The maximum Gasteiger partial charge on any atom is 0.0702 e. The molecule has 1 aliphatic rings. The third-order valence-corrected chi connectivity index (χ3v) is 4.11. The molecular weight excluding hydrogens is 250 g/mol. The van der Waals surface area contributed by atoms with Gasteiger partial charge in [0.25, 0.3) is 0 Å². The van der Waals surface area contributed by atoms with Crippen LogP contribution in [0.1, 0.15) is 38.2 Å². The first kappa shape index (κ1) is 15.5. The normalized spacial score (nSPS) is 21.1. The second kappa shape index (κ2) is 8.40. The Labute approximate surface area is 122 Å². The maximum absolute atomic E-state index is 9.20. The minimum absolute atomic E-state index is 0.248. The minimum atomic E-state index is 0.248. The molecule has 1 heterocycles. The van der Waals surface area contributed by atoms with Crippen molar-refractivity contribution < 1.29 is 9.84 Å². The van der Waals surface area contributed by atoms with E-state index >= 15 is 0 Å². The summed E-state index contributed by atoms with van der Waals surface area (Å²) >= 11 is 0. The Morgan fingerprint density at radius 2 is 2.10 bits per heavy atom. The van der Waals surface area contributed by atoms with Crippen LogP contribution in [0.15, 0.2) is 30.3 Å². The molecule has 0 aromatic heterocycles. The van der Waals surface area contributed by atoms with Crippen LogP contribution >= 0.6 is 0 Å². The van der Waals surface area contributed by atoms with Gasteiger partial charge in [-0.15, -0.1) is 0 Å². The first-order chi connectivity index (χ1) is 9.79. The van der Waals surface area contributed by atoms with Crippen LogP contribution in [0.25, 0.3) is 0 Å². The van der Waals surface area contributed by atoms with Crippen LogP contribution < -0.4 is 0 Å². The Kier molecular flexibility index (Phi) is 6.51. The van der Waals surface area contributed by atoms with E-state index in [4.69, 9.17) is 4.74 Å². The Morgan fingerprint density at radius 3 is 2.75 bits per heavy atom. The number of rotatable bonds is 7. The van der Waals surface area contributed by atoms with Gasteiger partial charge in [0.2, 0.25) is 0 Å². The predicted octanol–water partition coefficient (Wildman–Crippen LogP) is 2.83. The van der Waals surface area contributed by atoms with E-state index < -0.39 is 0 Å². The maximum atomic E-state index is 9.20. The van der Waals surface area contributed by atoms with E-state index in [2.05, 4.69) is 42.2 Å². The van der Waals surface area contributed by atoms with Crippen LogP contribution in [-0.2, 0) is 11.3 Å². The number of nitrogens with zero attached hydrogens (tertiary/aromatic N) is 1. The van der Waals surface area contributed by atoms with Crippen molar-refractivity contribution in [2.45, 2.75) is 51.3 Å². The zero-order valence-electron chi connectivity index (χ0n) is 12.5. The molecule has 20 heavy (non-hydrogen) atoms. The topological polar surface area (TPSA) is 32.7 Å². The van der Waals surface area contributed by atoms with Crippen molar-refractivity contribution in [3.05, 3.63) is 35.9 Å². The van der Waals surface area contributed by atoms with Crippen molar-refractivity contribution in [1.29, 1.82) is 0 Å². The highest BCUT2D eigenvalue weighted by molar-refractivity contribution is 5.14. The highest BCUT2D eigenvalue weighted by Gasteiger charge is 2.21. The van der Waals surface area contributed by atoms with Gasteiger partial charge < -0.3 is 9.84 Å². The molecule has 1 N–H and O–H groups in total. The van der Waals surface area contributed by atoms with Crippen LogP contribution in [0.4, 0.5) is 0 Å². The largest absolute Gasteiger partial charge is 0.396 e. The van der Waals surface area contributed by atoms with E-state index in [-0.39, 0.29) is 6.61 Å². The van der Waals surface area contributed by atoms with Crippen molar-refractivity contribution in [3.8, 4) is 0 Å². The van der Waals surface area contributed by atoms with Gasteiger partial charge in [0.1, 0.15) is 0 Å². The molecule has 112 valence electrons. The number of aliphatic hydroxyl groups excluding tert-OH is 1. The summed E-state index contributed by atoms with van der Waals surface area (Å²) in [6.45, 7) is 5.25. The molecule has 1 aliphatic heterocycles. The zero-order valence-corrected chi connectivity index (χ0v) is 12.5. The predicted molar refractivity (Wildman–Crippen MR) is 81.6 cm³/mol. The molecule has 1 aromatic carbocycles. The minimum Gasteiger partial charge on any atom is -0.396 e. The molecule has 0 aliphatic carbocycles. The number of ether oxygens (including phenoxy) is 1. The molecule has 1 aromatic rings. The molecule has 1 saturated heterocycles. The second-order valence-corrected chi connectivity index (χ2v) is 5.76. The zero-order chi connectivity index (χ0) is 14.2. The molecule has 2 unspecified atom stereocenters. The average molecular weight is 277 g/mol. The highest BCUT2D eigenvalue weighted by Crippen LogP contribution is 2.18. The molecule has 1 fully saturated rings. The van der Waals surface area contributed by atoms with E-state index in [1.165, 1.54) is 18.4 Å². The molecule has 2 atom stereocenters. The smallest absolute Gasteiger partial charge is 0.0702 e. The quantitative estimate of drug-likeness (QED) is 0.832. The van der Waals surface area contributed by atoms with Crippen molar-refractivity contribution in [3.63, 3.8) is 0 Å². The van der Waals surface area contributed by atoms with Crippen LogP contribution in [0.3, 0.4) is 0 Å². The van der Waals surface area contributed by atoms with Gasteiger partial charge in [0.15, 0.2) is 0 Å². The number of aliphatic hydroxyl groups is 1. The fraction of sp³-hybridized carbons (Fsp3) is 0.647. The molecule has 0 amide bonds. The first-order valence-electron chi connectivity index (χ1n) is 7.80. The summed E-state index contributed by atoms with van der Waals surface area (Å²) in [6.07, 6.45) is 4.81. The summed E-state index contributed by atoms with van der Waals surface area (Å²) in [4.78, 5) is 2.45. The highest BCUT2D eigenvalue weighted by atomic mass is 16.5. The second-order valence-electron chi connectivity index (χ2n) is 5.76. The summed E-state index contributed by atoms with van der Waals surface area (Å²) in [5, 5.41) is 9.20. The van der Waals surface area contributed by atoms with Gasteiger partial charge in [0.05, 0.1) is 6.10 Å². The molecule has 3 nitrogen and oxygen atoms in total. The summed E-state index contributed by atoms with van der Waals surface area (Å²) in [5.41, 5.74) is 1.33. The number of hydrogen-bond acceptors (Lipinski definition) is 3. The SMILES string of the molecule is CC(CCO)N(Cc1ccccc1)CC1CCCCO1. The third-order valence-electron chi connectivity index (χ3n) is 4.11. The van der Waals surface area contributed by atoms with Crippen molar-refractivity contribution in [1.82, 2.24) is 4.90 Å². The standard InChI is InChI=1S/C17H27NO2/c1-15(10-11-19)18(13-16-7-3-2-4-8-16)14-17-9-5-6-12-20-17/h2-4,7-8,15,17,19H,5-6,9-14H2,1H3. The molecule has 0 bridgehead atoms. The lowest BCUT2D eigenvalue weighted by atomic mass is 10.1. The van der Waals surface area contributed by atoms with Crippen molar-refractivity contribution >= 4 is 0 Å². The number of benzene rings is 1. The molecule has 0 saturated carbocycles. The van der Waals surface area contributed by atoms with Crippen LogP contribution in [0, 0.1) is 0 Å².